The maximum absolute atomic E-state index is 11.6. The van der Waals surface area contributed by atoms with Gasteiger partial charge >= 0.3 is 5.69 Å². The standard InChI is InChI=1S/C11H17N3O4S/c1-11(2,12)7-13-8-5-4-6-9(19(3,17)18)10(8)14(15)16/h4-6,13H,7,12H2,1-3H3. The lowest BCUT2D eigenvalue weighted by Crippen LogP contribution is -2.39. The Morgan fingerprint density at radius 1 is 1.42 bits per heavy atom. The Bertz CT molecular complexity index is 590. The molecule has 1 aromatic carbocycles. The van der Waals surface area contributed by atoms with Crippen molar-refractivity contribution in [3.8, 4) is 0 Å². The molecule has 8 heteroatoms. The van der Waals surface area contributed by atoms with Crippen molar-refractivity contribution in [1.82, 2.24) is 0 Å². The molecule has 0 aliphatic carbocycles. The van der Waals surface area contributed by atoms with Crippen molar-refractivity contribution in [3.05, 3.63) is 28.3 Å². The van der Waals surface area contributed by atoms with Gasteiger partial charge in [0.1, 0.15) is 10.6 Å². The first-order valence-electron chi connectivity index (χ1n) is 5.52. The van der Waals surface area contributed by atoms with E-state index < -0.39 is 26.0 Å². The topological polar surface area (TPSA) is 115 Å². The van der Waals surface area contributed by atoms with E-state index in [4.69, 9.17) is 5.73 Å². The lowest BCUT2D eigenvalue weighted by molar-refractivity contribution is -0.386. The Balaban J connectivity index is 3.30. The molecule has 0 heterocycles. The number of sulfone groups is 1. The largest absolute Gasteiger partial charge is 0.378 e. The number of benzene rings is 1. The molecular formula is C11H17N3O4S. The van der Waals surface area contributed by atoms with Crippen LogP contribution in [0.3, 0.4) is 0 Å². The monoisotopic (exact) mass is 287 g/mol. The maximum atomic E-state index is 11.6. The molecule has 0 aliphatic heterocycles. The van der Waals surface area contributed by atoms with Gasteiger partial charge in [-0.1, -0.05) is 6.07 Å². The summed E-state index contributed by atoms with van der Waals surface area (Å²) in [6.45, 7) is 3.79. The van der Waals surface area contributed by atoms with Crippen LogP contribution in [0.25, 0.3) is 0 Å². The van der Waals surface area contributed by atoms with Crippen LogP contribution in [-0.2, 0) is 9.84 Å². The second-order valence-electron chi connectivity index (χ2n) is 5.02. The molecule has 0 unspecified atom stereocenters. The summed E-state index contributed by atoms with van der Waals surface area (Å²) >= 11 is 0. The van der Waals surface area contributed by atoms with Crippen molar-refractivity contribution in [2.24, 2.45) is 5.73 Å². The van der Waals surface area contributed by atoms with Crippen molar-refractivity contribution in [1.29, 1.82) is 0 Å². The van der Waals surface area contributed by atoms with Crippen LogP contribution < -0.4 is 11.1 Å². The minimum atomic E-state index is -3.67. The molecule has 1 aromatic rings. The highest BCUT2D eigenvalue weighted by atomic mass is 32.2. The lowest BCUT2D eigenvalue weighted by Gasteiger charge is -2.20. The van der Waals surface area contributed by atoms with Gasteiger partial charge in [0.2, 0.25) is 0 Å². The highest BCUT2D eigenvalue weighted by Gasteiger charge is 2.26. The second kappa shape index (κ2) is 5.14. The predicted octanol–water partition coefficient (Wildman–Crippen LogP) is 1.15. The molecule has 0 saturated carbocycles. The van der Waals surface area contributed by atoms with Crippen LogP contribution in [0, 0.1) is 10.1 Å². The zero-order valence-corrected chi connectivity index (χ0v) is 11.8. The molecule has 0 aliphatic rings. The molecule has 0 saturated heterocycles. The van der Waals surface area contributed by atoms with Crippen molar-refractivity contribution in [3.63, 3.8) is 0 Å². The summed E-state index contributed by atoms with van der Waals surface area (Å²) < 4.78 is 23.1. The van der Waals surface area contributed by atoms with Gasteiger partial charge in [-0.15, -0.1) is 0 Å². The van der Waals surface area contributed by atoms with Gasteiger partial charge < -0.3 is 11.1 Å². The lowest BCUT2D eigenvalue weighted by atomic mass is 10.1. The summed E-state index contributed by atoms with van der Waals surface area (Å²) in [5.41, 5.74) is 4.90. The SMILES string of the molecule is CC(C)(N)CNc1cccc(S(C)(=O)=O)c1[N+](=O)[O-]. The second-order valence-corrected chi connectivity index (χ2v) is 7.01. The van der Waals surface area contributed by atoms with Gasteiger partial charge in [-0.05, 0) is 26.0 Å². The van der Waals surface area contributed by atoms with E-state index in [-0.39, 0.29) is 17.1 Å². The average molecular weight is 287 g/mol. The van der Waals surface area contributed by atoms with Gasteiger partial charge in [-0.3, -0.25) is 10.1 Å². The third-order valence-corrected chi connectivity index (χ3v) is 3.44. The molecule has 106 valence electrons. The normalized spacial score (nSPS) is 12.2. The Kier molecular flexibility index (Phi) is 4.16. The highest BCUT2D eigenvalue weighted by molar-refractivity contribution is 7.90. The number of rotatable bonds is 5. The van der Waals surface area contributed by atoms with E-state index in [1.807, 2.05) is 0 Å². The Morgan fingerprint density at radius 3 is 2.42 bits per heavy atom. The van der Waals surface area contributed by atoms with Crippen LogP contribution in [-0.4, -0.2) is 31.7 Å². The number of nitrogens with two attached hydrogens (primary N) is 1. The molecule has 0 radical (unpaired) electrons. The third kappa shape index (κ3) is 4.18. The first-order valence-corrected chi connectivity index (χ1v) is 7.42. The minimum Gasteiger partial charge on any atom is -0.378 e. The van der Waals surface area contributed by atoms with Crippen LogP contribution >= 0.6 is 0 Å². The van der Waals surface area contributed by atoms with E-state index in [1.54, 1.807) is 13.8 Å². The molecule has 0 amide bonds. The van der Waals surface area contributed by atoms with Gasteiger partial charge in [-0.25, -0.2) is 8.42 Å². The fourth-order valence-corrected chi connectivity index (χ4v) is 2.34. The minimum absolute atomic E-state index is 0.145. The molecule has 7 nitrogen and oxygen atoms in total. The number of nitro groups is 1. The summed E-state index contributed by atoms with van der Waals surface area (Å²) in [6.07, 6.45) is 0.936. The van der Waals surface area contributed by atoms with Gasteiger partial charge in [-0.2, -0.15) is 0 Å². The predicted molar refractivity (Wildman–Crippen MR) is 73.0 cm³/mol. The van der Waals surface area contributed by atoms with Crippen LogP contribution in [0.4, 0.5) is 11.4 Å². The molecular weight excluding hydrogens is 270 g/mol. The van der Waals surface area contributed by atoms with Crippen molar-refractivity contribution in [2.45, 2.75) is 24.3 Å². The van der Waals surface area contributed by atoms with Gasteiger partial charge in [0.25, 0.3) is 0 Å². The third-order valence-electron chi connectivity index (χ3n) is 2.32. The van der Waals surface area contributed by atoms with Gasteiger partial charge in [0.05, 0.1) is 4.92 Å². The number of nitrogens with zero attached hydrogens (tertiary/aromatic N) is 1. The summed E-state index contributed by atoms with van der Waals surface area (Å²) in [5, 5.41) is 13.9. The fourth-order valence-electron chi connectivity index (χ4n) is 1.48. The molecule has 3 N–H and O–H groups in total. The van der Waals surface area contributed by atoms with Crippen LogP contribution in [0.2, 0.25) is 0 Å². The molecule has 0 atom stereocenters. The zero-order chi connectivity index (χ0) is 14.8. The molecule has 1 rings (SSSR count). The van der Waals surface area contributed by atoms with Gasteiger partial charge in [0, 0.05) is 18.3 Å². The number of hydrogen-bond acceptors (Lipinski definition) is 6. The fraction of sp³-hybridized carbons (Fsp3) is 0.455. The number of nitro benzene ring substituents is 1. The summed E-state index contributed by atoms with van der Waals surface area (Å²) in [6, 6.07) is 4.13. The Labute approximate surface area is 111 Å². The first kappa shape index (κ1) is 15.4. The van der Waals surface area contributed by atoms with Crippen LogP contribution in [0.1, 0.15) is 13.8 Å². The molecule has 19 heavy (non-hydrogen) atoms. The number of hydrogen-bond donors (Lipinski definition) is 2. The summed E-state index contributed by atoms with van der Waals surface area (Å²) in [4.78, 5) is 10.1. The van der Waals surface area contributed by atoms with Crippen molar-refractivity contribution < 1.29 is 13.3 Å². The Morgan fingerprint density at radius 2 is 2.00 bits per heavy atom. The van der Waals surface area contributed by atoms with Crippen LogP contribution in [0.5, 0.6) is 0 Å². The van der Waals surface area contributed by atoms with Crippen LogP contribution in [0.15, 0.2) is 23.1 Å². The van der Waals surface area contributed by atoms with E-state index in [1.165, 1.54) is 18.2 Å². The molecule has 0 bridgehead atoms. The van der Waals surface area contributed by atoms with Gasteiger partial charge in [0.15, 0.2) is 9.84 Å². The quantitative estimate of drug-likeness (QED) is 0.620. The van der Waals surface area contributed by atoms with Crippen molar-refractivity contribution >= 4 is 21.2 Å². The number of para-hydroxylation sites is 1. The van der Waals surface area contributed by atoms with E-state index in [9.17, 15) is 18.5 Å². The Hall–Kier alpha value is -1.67. The number of anilines is 1. The zero-order valence-electron chi connectivity index (χ0n) is 11.0. The number of nitrogens with one attached hydrogen (secondary N) is 1. The van der Waals surface area contributed by atoms with E-state index in [0.29, 0.717) is 0 Å². The van der Waals surface area contributed by atoms with E-state index in [0.717, 1.165) is 6.26 Å². The molecule has 0 aromatic heterocycles. The first-order chi connectivity index (χ1) is 8.52. The summed E-state index contributed by atoms with van der Waals surface area (Å²) in [7, 11) is -3.67. The van der Waals surface area contributed by atoms with E-state index >= 15 is 0 Å². The molecule has 0 spiro atoms. The summed E-state index contributed by atoms with van der Waals surface area (Å²) in [5.74, 6) is 0. The van der Waals surface area contributed by atoms with Crippen molar-refractivity contribution in [2.75, 3.05) is 18.1 Å². The highest BCUT2D eigenvalue weighted by Crippen LogP contribution is 2.31. The maximum Gasteiger partial charge on any atom is 0.310 e. The van der Waals surface area contributed by atoms with E-state index in [2.05, 4.69) is 5.32 Å². The smallest absolute Gasteiger partial charge is 0.310 e. The molecule has 0 fully saturated rings. The average Bonchev–Trinajstić information content (AvgIpc) is 2.23.